The average molecular weight is 345 g/mol. The average Bonchev–Trinajstić information content (AvgIpc) is 2.60. The number of rotatable bonds is 6. The molecule has 0 bridgehead atoms. The standard InChI is InChI=1S/C16H16FN5O3/c1-25-7-6-18-15-19-8-11-13(20-15)21-16(24)22(14(11)23)9-10-4-2-3-5-12(10)17/h2-5,8H,6-7,9H2,1H3,(H2,18,19,20,21,24). The lowest BCUT2D eigenvalue weighted by Crippen LogP contribution is -2.36. The molecule has 8 nitrogen and oxygen atoms in total. The number of benzene rings is 1. The highest BCUT2D eigenvalue weighted by molar-refractivity contribution is 5.73. The van der Waals surface area contributed by atoms with Crippen molar-refractivity contribution in [1.29, 1.82) is 0 Å². The molecular formula is C16H16FN5O3. The third-order valence-corrected chi connectivity index (χ3v) is 3.61. The minimum Gasteiger partial charge on any atom is -0.383 e. The van der Waals surface area contributed by atoms with Gasteiger partial charge in [-0.2, -0.15) is 4.98 Å². The predicted molar refractivity (Wildman–Crippen MR) is 90.3 cm³/mol. The van der Waals surface area contributed by atoms with Gasteiger partial charge in [0, 0.05) is 25.4 Å². The first-order valence-electron chi connectivity index (χ1n) is 7.56. The molecule has 25 heavy (non-hydrogen) atoms. The summed E-state index contributed by atoms with van der Waals surface area (Å²) in [5, 5.41) is 3.06. The zero-order chi connectivity index (χ0) is 17.8. The van der Waals surface area contributed by atoms with E-state index in [4.69, 9.17) is 4.74 Å². The maximum atomic E-state index is 13.8. The summed E-state index contributed by atoms with van der Waals surface area (Å²) in [7, 11) is 1.57. The predicted octanol–water partition coefficient (Wildman–Crippen LogP) is 0.725. The highest BCUT2D eigenvalue weighted by Gasteiger charge is 2.12. The molecule has 0 aliphatic carbocycles. The Hall–Kier alpha value is -3.07. The van der Waals surface area contributed by atoms with Crippen molar-refractivity contribution >= 4 is 17.0 Å². The lowest BCUT2D eigenvalue weighted by molar-refractivity contribution is 0.210. The summed E-state index contributed by atoms with van der Waals surface area (Å²) in [5.74, 6) is -0.214. The minimum atomic E-state index is -0.665. The second kappa shape index (κ2) is 7.22. The molecule has 0 atom stereocenters. The molecule has 1 aromatic carbocycles. The van der Waals surface area contributed by atoms with Crippen molar-refractivity contribution in [3.63, 3.8) is 0 Å². The normalized spacial score (nSPS) is 11.0. The highest BCUT2D eigenvalue weighted by Crippen LogP contribution is 2.08. The molecule has 9 heteroatoms. The molecule has 3 aromatic rings. The van der Waals surface area contributed by atoms with Gasteiger partial charge in [0.15, 0.2) is 5.65 Å². The van der Waals surface area contributed by atoms with Gasteiger partial charge in [-0.25, -0.2) is 14.2 Å². The number of halogens is 1. The summed E-state index contributed by atoms with van der Waals surface area (Å²) in [6.07, 6.45) is 1.33. The molecule has 0 spiro atoms. The van der Waals surface area contributed by atoms with Crippen LogP contribution in [0.3, 0.4) is 0 Å². The van der Waals surface area contributed by atoms with Gasteiger partial charge in [-0.15, -0.1) is 0 Å². The van der Waals surface area contributed by atoms with E-state index in [0.29, 0.717) is 13.2 Å². The van der Waals surface area contributed by atoms with Crippen LogP contribution in [0, 0.1) is 5.82 Å². The SMILES string of the molecule is COCCNc1ncc2c(=O)n(Cc3ccccc3F)c(=O)[nH]c2n1. The molecule has 0 amide bonds. The summed E-state index contributed by atoms with van der Waals surface area (Å²) in [5.41, 5.74) is -0.879. The quantitative estimate of drug-likeness (QED) is 0.639. The van der Waals surface area contributed by atoms with Crippen LogP contribution < -0.4 is 16.6 Å². The number of nitrogens with one attached hydrogen (secondary N) is 2. The molecule has 130 valence electrons. The van der Waals surface area contributed by atoms with Crippen LogP contribution in [-0.2, 0) is 11.3 Å². The van der Waals surface area contributed by atoms with Gasteiger partial charge < -0.3 is 10.1 Å². The Morgan fingerprint density at radius 1 is 1.32 bits per heavy atom. The van der Waals surface area contributed by atoms with Gasteiger partial charge in [-0.1, -0.05) is 18.2 Å². The van der Waals surface area contributed by atoms with Crippen molar-refractivity contribution in [2.45, 2.75) is 6.54 Å². The van der Waals surface area contributed by atoms with Crippen molar-refractivity contribution in [2.24, 2.45) is 0 Å². The van der Waals surface area contributed by atoms with Crippen molar-refractivity contribution in [1.82, 2.24) is 19.5 Å². The van der Waals surface area contributed by atoms with E-state index in [1.165, 1.54) is 24.4 Å². The lowest BCUT2D eigenvalue weighted by atomic mass is 10.2. The van der Waals surface area contributed by atoms with E-state index in [2.05, 4.69) is 20.3 Å². The monoisotopic (exact) mass is 345 g/mol. The van der Waals surface area contributed by atoms with Crippen LogP contribution in [0.25, 0.3) is 11.0 Å². The van der Waals surface area contributed by atoms with Gasteiger partial charge in [0.1, 0.15) is 11.2 Å². The van der Waals surface area contributed by atoms with Gasteiger partial charge in [-0.05, 0) is 6.07 Å². The Labute approximate surface area is 141 Å². The zero-order valence-electron chi connectivity index (χ0n) is 13.5. The summed E-state index contributed by atoms with van der Waals surface area (Å²) in [6.45, 7) is 0.767. The molecule has 2 N–H and O–H groups in total. The number of fused-ring (bicyclic) bond motifs is 1. The Kier molecular flexibility index (Phi) is 4.85. The van der Waals surface area contributed by atoms with Crippen LogP contribution >= 0.6 is 0 Å². The van der Waals surface area contributed by atoms with E-state index in [9.17, 15) is 14.0 Å². The summed E-state index contributed by atoms with van der Waals surface area (Å²) < 4.78 is 19.6. The smallest absolute Gasteiger partial charge is 0.330 e. The molecule has 0 radical (unpaired) electrons. The van der Waals surface area contributed by atoms with Crippen LogP contribution in [0.15, 0.2) is 40.1 Å². The van der Waals surface area contributed by atoms with Crippen molar-refractivity contribution in [2.75, 3.05) is 25.6 Å². The van der Waals surface area contributed by atoms with E-state index in [0.717, 1.165) is 4.57 Å². The first kappa shape index (κ1) is 16.8. The largest absolute Gasteiger partial charge is 0.383 e. The van der Waals surface area contributed by atoms with Crippen LogP contribution in [0.5, 0.6) is 0 Å². The number of nitrogens with zero attached hydrogens (tertiary/aromatic N) is 3. The Balaban J connectivity index is 1.99. The van der Waals surface area contributed by atoms with Gasteiger partial charge in [0.05, 0.1) is 13.2 Å². The topological polar surface area (TPSA) is 102 Å². The van der Waals surface area contributed by atoms with Crippen molar-refractivity contribution in [3.8, 4) is 0 Å². The van der Waals surface area contributed by atoms with Crippen molar-refractivity contribution < 1.29 is 9.13 Å². The molecule has 3 rings (SSSR count). The van der Waals surface area contributed by atoms with Gasteiger partial charge in [0.2, 0.25) is 5.95 Å². The van der Waals surface area contributed by atoms with Crippen LogP contribution in [0.4, 0.5) is 10.3 Å². The molecular weight excluding hydrogens is 329 g/mol. The van der Waals surface area contributed by atoms with Crippen LogP contribution in [0.2, 0.25) is 0 Å². The van der Waals surface area contributed by atoms with Gasteiger partial charge in [0.25, 0.3) is 5.56 Å². The second-order valence-electron chi connectivity index (χ2n) is 5.29. The lowest BCUT2D eigenvalue weighted by Gasteiger charge is -2.08. The number of methoxy groups -OCH3 is 1. The maximum absolute atomic E-state index is 13.8. The molecule has 2 heterocycles. The Morgan fingerprint density at radius 3 is 2.88 bits per heavy atom. The Morgan fingerprint density at radius 2 is 2.12 bits per heavy atom. The first-order chi connectivity index (χ1) is 12.1. The molecule has 0 saturated heterocycles. The number of hydrogen-bond donors (Lipinski definition) is 2. The molecule has 0 aliphatic rings. The summed E-state index contributed by atoms with van der Waals surface area (Å²) in [6, 6.07) is 5.97. The van der Waals surface area contributed by atoms with E-state index < -0.39 is 17.1 Å². The van der Waals surface area contributed by atoms with Gasteiger partial charge >= 0.3 is 5.69 Å². The van der Waals surface area contributed by atoms with Crippen LogP contribution in [-0.4, -0.2) is 39.8 Å². The number of aromatic amines is 1. The second-order valence-corrected chi connectivity index (χ2v) is 5.29. The minimum absolute atomic E-state index is 0.120. The van der Waals surface area contributed by atoms with Crippen LogP contribution in [0.1, 0.15) is 5.56 Å². The summed E-state index contributed by atoms with van der Waals surface area (Å²) in [4.78, 5) is 35.5. The number of ether oxygens (including phenoxy) is 1. The van der Waals surface area contributed by atoms with E-state index in [-0.39, 0.29) is 29.1 Å². The summed E-state index contributed by atoms with van der Waals surface area (Å²) >= 11 is 0. The zero-order valence-corrected chi connectivity index (χ0v) is 13.5. The van der Waals surface area contributed by atoms with Crippen molar-refractivity contribution in [3.05, 3.63) is 62.7 Å². The maximum Gasteiger partial charge on any atom is 0.330 e. The molecule has 0 fully saturated rings. The third-order valence-electron chi connectivity index (χ3n) is 3.61. The molecule has 2 aromatic heterocycles. The fourth-order valence-electron chi connectivity index (χ4n) is 2.33. The number of anilines is 1. The highest BCUT2D eigenvalue weighted by atomic mass is 19.1. The Bertz CT molecular complexity index is 1010. The fraction of sp³-hybridized carbons (Fsp3) is 0.250. The third kappa shape index (κ3) is 3.56. The fourth-order valence-corrected chi connectivity index (χ4v) is 2.33. The number of aromatic nitrogens is 4. The first-order valence-corrected chi connectivity index (χ1v) is 7.56. The number of H-pyrrole nitrogens is 1. The van der Waals surface area contributed by atoms with E-state index in [1.54, 1.807) is 13.2 Å². The van der Waals surface area contributed by atoms with E-state index in [1.807, 2.05) is 0 Å². The van der Waals surface area contributed by atoms with Gasteiger partial charge in [-0.3, -0.25) is 14.3 Å². The molecule has 0 aliphatic heterocycles. The van der Waals surface area contributed by atoms with E-state index >= 15 is 0 Å². The molecule has 0 saturated carbocycles. The molecule has 0 unspecified atom stereocenters. The number of hydrogen-bond acceptors (Lipinski definition) is 6.